The van der Waals surface area contributed by atoms with Crippen LogP contribution in [-0.4, -0.2) is 17.2 Å². The van der Waals surface area contributed by atoms with Crippen molar-refractivity contribution in [2.24, 2.45) is 11.8 Å². The Bertz CT molecular complexity index is 526. The normalized spacial score (nSPS) is 35.4. The first-order valence-corrected chi connectivity index (χ1v) is 8.62. The molecule has 2 N–H and O–H groups in total. The van der Waals surface area contributed by atoms with Crippen molar-refractivity contribution in [2.45, 2.75) is 57.2 Å². The molecule has 0 spiro atoms. The Kier molecular flexibility index (Phi) is 4.26. The molecule has 0 radical (unpaired) electrons. The van der Waals surface area contributed by atoms with Gasteiger partial charge in [0.15, 0.2) is 0 Å². The predicted octanol–water partition coefficient (Wildman–Crippen LogP) is 4.37. The van der Waals surface area contributed by atoms with Crippen LogP contribution in [0.15, 0.2) is 18.2 Å². The lowest BCUT2D eigenvalue weighted by Gasteiger charge is -2.55. The molecule has 2 bridgehead atoms. The fraction of sp³-hybridized carbons (Fsp3) is 0.647. The quantitative estimate of drug-likeness (QED) is 0.864. The van der Waals surface area contributed by atoms with Crippen molar-refractivity contribution in [3.05, 3.63) is 33.8 Å². The average Bonchev–Trinajstić information content (AvgIpc) is 2.46. The van der Waals surface area contributed by atoms with Crippen LogP contribution in [-0.2, 0) is 5.60 Å². The van der Waals surface area contributed by atoms with Gasteiger partial charge in [-0.2, -0.15) is 0 Å². The van der Waals surface area contributed by atoms with Crippen LogP contribution in [0.1, 0.15) is 45.1 Å². The molecule has 4 heteroatoms. The first-order valence-electron chi connectivity index (χ1n) is 7.87. The molecule has 3 fully saturated rings. The molecule has 3 aliphatic carbocycles. The van der Waals surface area contributed by atoms with Crippen molar-refractivity contribution in [3.8, 4) is 0 Å². The highest BCUT2D eigenvalue weighted by Gasteiger charge is 2.54. The molecule has 3 aliphatic rings. The number of fused-ring (bicyclic) bond motifs is 3. The van der Waals surface area contributed by atoms with E-state index in [1.807, 2.05) is 12.1 Å². The van der Waals surface area contributed by atoms with E-state index in [0.29, 0.717) is 27.9 Å². The molecule has 4 rings (SSSR count). The molecule has 21 heavy (non-hydrogen) atoms. The Labute approximate surface area is 136 Å². The molecular weight excluding hydrogens is 305 g/mol. The molecule has 0 aromatic heterocycles. The Morgan fingerprint density at radius 1 is 1.14 bits per heavy atom. The second-order valence-electron chi connectivity index (χ2n) is 6.86. The first kappa shape index (κ1) is 15.6. The number of benzene rings is 1. The van der Waals surface area contributed by atoms with Crippen LogP contribution < -0.4 is 5.32 Å². The summed E-state index contributed by atoms with van der Waals surface area (Å²) < 4.78 is 0. The van der Waals surface area contributed by atoms with E-state index in [9.17, 15) is 5.11 Å². The monoisotopic (exact) mass is 327 g/mol. The van der Waals surface area contributed by atoms with Gasteiger partial charge in [-0.15, -0.1) is 0 Å². The fourth-order valence-corrected chi connectivity index (χ4v) is 4.59. The molecule has 116 valence electrons. The van der Waals surface area contributed by atoms with Gasteiger partial charge < -0.3 is 10.4 Å². The van der Waals surface area contributed by atoms with Gasteiger partial charge in [0.25, 0.3) is 0 Å². The zero-order valence-corrected chi connectivity index (χ0v) is 14.1. The zero-order chi connectivity index (χ0) is 15.2. The standard InChI is InChI=1S/C17H23Cl2NO/c1-10(2)20-16-11-3-5-12(6-4-11)17(16,21)13-7-8-14(18)15(19)9-13/h7-12,16,20-21H,3-6H2,1-2H3/t11?,12?,16-,17-/m1/s1. The van der Waals surface area contributed by atoms with Gasteiger partial charge in [0.2, 0.25) is 0 Å². The average molecular weight is 328 g/mol. The Morgan fingerprint density at radius 2 is 1.81 bits per heavy atom. The van der Waals surface area contributed by atoms with Gasteiger partial charge in [-0.3, -0.25) is 0 Å². The Morgan fingerprint density at radius 3 is 2.38 bits per heavy atom. The van der Waals surface area contributed by atoms with E-state index >= 15 is 0 Å². The summed E-state index contributed by atoms with van der Waals surface area (Å²) in [7, 11) is 0. The summed E-state index contributed by atoms with van der Waals surface area (Å²) in [6, 6.07) is 6.03. The lowest BCUT2D eigenvalue weighted by atomic mass is 9.57. The molecular formula is C17H23Cl2NO. The highest BCUT2D eigenvalue weighted by Crippen LogP contribution is 2.53. The van der Waals surface area contributed by atoms with Crippen LogP contribution in [0.2, 0.25) is 10.0 Å². The highest BCUT2D eigenvalue weighted by molar-refractivity contribution is 6.42. The molecule has 0 aliphatic heterocycles. The number of halogens is 2. The number of rotatable bonds is 3. The maximum absolute atomic E-state index is 11.6. The van der Waals surface area contributed by atoms with Crippen molar-refractivity contribution < 1.29 is 5.11 Å². The molecule has 0 saturated heterocycles. The molecule has 0 heterocycles. The first-order chi connectivity index (χ1) is 9.92. The Hall–Kier alpha value is -0.280. The van der Waals surface area contributed by atoms with E-state index in [0.717, 1.165) is 18.4 Å². The fourth-order valence-electron chi connectivity index (χ4n) is 4.29. The van der Waals surface area contributed by atoms with Gasteiger partial charge in [-0.05, 0) is 55.2 Å². The smallest absolute Gasteiger partial charge is 0.108 e. The van der Waals surface area contributed by atoms with E-state index < -0.39 is 5.60 Å². The number of hydrogen-bond acceptors (Lipinski definition) is 2. The van der Waals surface area contributed by atoms with E-state index in [1.165, 1.54) is 12.8 Å². The van der Waals surface area contributed by atoms with E-state index in [2.05, 4.69) is 19.2 Å². The van der Waals surface area contributed by atoms with E-state index in [1.54, 1.807) is 6.07 Å². The Balaban J connectivity index is 2.03. The topological polar surface area (TPSA) is 32.3 Å². The van der Waals surface area contributed by atoms with Crippen molar-refractivity contribution in [2.75, 3.05) is 0 Å². The lowest BCUT2D eigenvalue weighted by molar-refractivity contribution is -0.134. The maximum Gasteiger partial charge on any atom is 0.108 e. The van der Waals surface area contributed by atoms with Crippen LogP contribution in [0, 0.1) is 11.8 Å². The van der Waals surface area contributed by atoms with Crippen LogP contribution in [0.4, 0.5) is 0 Å². The van der Waals surface area contributed by atoms with Crippen molar-refractivity contribution in [1.82, 2.24) is 5.32 Å². The van der Waals surface area contributed by atoms with E-state index in [-0.39, 0.29) is 6.04 Å². The number of aliphatic hydroxyl groups is 1. The third kappa shape index (κ3) is 2.61. The van der Waals surface area contributed by atoms with Crippen molar-refractivity contribution in [3.63, 3.8) is 0 Å². The SMILES string of the molecule is CC(C)N[C@@H]1C2CCC(CC2)[C@@]1(O)c1ccc(Cl)c(Cl)c1. The van der Waals surface area contributed by atoms with Crippen LogP contribution in [0.3, 0.4) is 0 Å². The van der Waals surface area contributed by atoms with Gasteiger partial charge >= 0.3 is 0 Å². The van der Waals surface area contributed by atoms with Gasteiger partial charge in [-0.1, -0.05) is 43.1 Å². The molecule has 1 aromatic rings. The van der Waals surface area contributed by atoms with Crippen LogP contribution in [0.5, 0.6) is 0 Å². The molecule has 3 saturated carbocycles. The minimum absolute atomic E-state index is 0.0993. The molecule has 0 amide bonds. The van der Waals surface area contributed by atoms with Gasteiger partial charge in [0, 0.05) is 12.1 Å². The largest absolute Gasteiger partial charge is 0.383 e. The summed E-state index contributed by atoms with van der Waals surface area (Å²) in [6.45, 7) is 4.27. The second-order valence-corrected chi connectivity index (χ2v) is 7.68. The maximum atomic E-state index is 11.6. The van der Waals surface area contributed by atoms with Crippen molar-refractivity contribution in [1.29, 1.82) is 0 Å². The zero-order valence-electron chi connectivity index (χ0n) is 12.6. The molecule has 0 unspecified atom stereocenters. The van der Waals surface area contributed by atoms with Crippen LogP contribution >= 0.6 is 23.2 Å². The minimum Gasteiger partial charge on any atom is -0.383 e. The molecule has 2 nitrogen and oxygen atoms in total. The summed E-state index contributed by atoms with van der Waals surface area (Å²) in [6.07, 6.45) is 4.60. The van der Waals surface area contributed by atoms with Crippen LogP contribution in [0.25, 0.3) is 0 Å². The third-order valence-electron chi connectivity index (χ3n) is 5.23. The summed E-state index contributed by atoms with van der Waals surface area (Å²) in [5.41, 5.74) is 0.0732. The summed E-state index contributed by atoms with van der Waals surface area (Å²) in [4.78, 5) is 0. The summed E-state index contributed by atoms with van der Waals surface area (Å²) in [5, 5.41) is 16.3. The summed E-state index contributed by atoms with van der Waals surface area (Å²) >= 11 is 12.2. The highest BCUT2D eigenvalue weighted by atomic mass is 35.5. The molecule has 2 atom stereocenters. The lowest BCUT2D eigenvalue weighted by Crippen LogP contribution is -2.63. The number of nitrogens with one attached hydrogen (secondary N) is 1. The minimum atomic E-state index is -0.834. The van der Waals surface area contributed by atoms with E-state index in [4.69, 9.17) is 23.2 Å². The second kappa shape index (κ2) is 5.73. The summed E-state index contributed by atoms with van der Waals surface area (Å²) in [5.74, 6) is 0.841. The predicted molar refractivity (Wildman–Crippen MR) is 87.9 cm³/mol. The molecule has 1 aromatic carbocycles. The third-order valence-corrected chi connectivity index (χ3v) is 5.97. The van der Waals surface area contributed by atoms with Crippen molar-refractivity contribution >= 4 is 23.2 Å². The van der Waals surface area contributed by atoms with Gasteiger partial charge in [0.05, 0.1) is 10.0 Å². The van der Waals surface area contributed by atoms with Gasteiger partial charge in [0.1, 0.15) is 5.60 Å². The van der Waals surface area contributed by atoms with Gasteiger partial charge in [-0.25, -0.2) is 0 Å². The number of hydrogen-bond donors (Lipinski definition) is 2.